The fourth-order valence-electron chi connectivity index (χ4n) is 3.80. The quantitative estimate of drug-likeness (QED) is 0.406. The number of halogens is 2. The minimum absolute atomic E-state index is 0.150. The summed E-state index contributed by atoms with van der Waals surface area (Å²) in [5.41, 5.74) is 1.39. The Labute approximate surface area is 192 Å². The van der Waals surface area contributed by atoms with Crippen LogP contribution in [0.5, 0.6) is 11.5 Å². The number of aryl methyl sites for hydroxylation is 1. The first kappa shape index (κ1) is 21.8. The molecule has 0 fully saturated rings. The largest absolute Gasteiger partial charge is 0.453 e. The first-order chi connectivity index (χ1) is 16.2. The predicted molar refractivity (Wildman–Crippen MR) is 122 cm³/mol. The Morgan fingerprint density at radius 1 is 1.09 bits per heavy atom. The van der Waals surface area contributed by atoms with E-state index < -0.39 is 21.5 Å². The standard InChI is InChI=1S/C23H18F2N4O4S/c1-3-34(31,32)23-27-10-14-9-20(33-19-5-4-13(24)8-18(19)25)17(12-29(14)23)16-11-28(2)22(30)21-15(16)6-7-26-21/h4-12,26H,3H2,1-2H3. The topological polar surface area (TPSA) is 98.5 Å². The highest BCUT2D eigenvalue weighted by Crippen LogP contribution is 2.38. The molecule has 4 heterocycles. The van der Waals surface area contributed by atoms with Gasteiger partial charge < -0.3 is 14.3 Å². The van der Waals surface area contributed by atoms with Crippen LogP contribution >= 0.6 is 0 Å². The van der Waals surface area contributed by atoms with E-state index in [1.54, 1.807) is 25.5 Å². The molecule has 0 saturated heterocycles. The molecule has 11 heteroatoms. The second-order valence-corrected chi connectivity index (χ2v) is 9.86. The Hall–Kier alpha value is -3.99. The lowest BCUT2D eigenvalue weighted by Gasteiger charge is -2.15. The third-order valence-electron chi connectivity index (χ3n) is 5.55. The van der Waals surface area contributed by atoms with Crippen LogP contribution in [0, 0.1) is 11.6 Å². The molecule has 0 unspecified atom stereocenters. The molecule has 0 atom stereocenters. The third kappa shape index (κ3) is 3.45. The summed E-state index contributed by atoms with van der Waals surface area (Å²) in [6.45, 7) is 1.52. The lowest BCUT2D eigenvalue weighted by atomic mass is 10.0. The van der Waals surface area contributed by atoms with Crippen LogP contribution in [0.15, 0.2) is 65.1 Å². The average Bonchev–Trinajstić information content (AvgIpc) is 3.45. The fraction of sp³-hybridized carbons (Fsp3) is 0.130. The lowest BCUT2D eigenvalue weighted by molar-refractivity contribution is 0.439. The molecular weight excluding hydrogens is 466 g/mol. The van der Waals surface area contributed by atoms with Crippen molar-refractivity contribution < 1.29 is 21.9 Å². The van der Waals surface area contributed by atoms with E-state index in [4.69, 9.17) is 4.74 Å². The van der Waals surface area contributed by atoms with Gasteiger partial charge in [-0.05, 0) is 18.2 Å². The van der Waals surface area contributed by atoms with Crippen molar-refractivity contribution in [1.82, 2.24) is 18.9 Å². The van der Waals surface area contributed by atoms with E-state index in [9.17, 15) is 22.0 Å². The highest BCUT2D eigenvalue weighted by atomic mass is 32.2. The van der Waals surface area contributed by atoms with Gasteiger partial charge in [-0.15, -0.1) is 0 Å². The molecule has 5 aromatic rings. The highest BCUT2D eigenvalue weighted by molar-refractivity contribution is 7.91. The van der Waals surface area contributed by atoms with Crippen molar-refractivity contribution in [2.45, 2.75) is 12.1 Å². The number of nitrogens with zero attached hydrogens (tertiary/aromatic N) is 3. The van der Waals surface area contributed by atoms with Gasteiger partial charge in [0.05, 0.1) is 17.5 Å². The van der Waals surface area contributed by atoms with Crippen molar-refractivity contribution in [3.8, 4) is 22.6 Å². The molecule has 174 valence electrons. The van der Waals surface area contributed by atoms with Crippen LogP contribution in [-0.2, 0) is 16.9 Å². The highest BCUT2D eigenvalue weighted by Gasteiger charge is 2.22. The maximum atomic E-state index is 14.4. The molecule has 0 radical (unpaired) electrons. The number of aromatic amines is 1. The summed E-state index contributed by atoms with van der Waals surface area (Å²) in [4.78, 5) is 19.5. The molecule has 0 aliphatic rings. The van der Waals surface area contributed by atoms with Crippen molar-refractivity contribution in [3.05, 3.63) is 77.1 Å². The summed E-state index contributed by atoms with van der Waals surface area (Å²) in [7, 11) is -2.08. The first-order valence-electron chi connectivity index (χ1n) is 10.2. The first-order valence-corrected chi connectivity index (χ1v) is 11.9. The van der Waals surface area contributed by atoms with Crippen molar-refractivity contribution in [2.24, 2.45) is 7.05 Å². The summed E-state index contributed by atoms with van der Waals surface area (Å²) in [6, 6.07) is 6.15. The van der Waals surface area contributed by atoms with E-state index in [-0.39, 0.29) is 28.0 Å². The smallest absolute Gasteiger partial charge is 0.274 e. The molecule has 5 rings (SSSR count). The number of fused-ring (bicyclic) bond motifs is 2. The molecule has 0 amide bonds. The minimum atomic E-state index is -3.66. The van der Waals surface area contributed by atoms with Crippen LogP contribution in [-0.4, -0.2) is 33.1 Å². The Bertz CT molecular complexity index is 1750. The predicted octanol–water partition coefficient (Wildman–Crippen LogP) is 4.05. The average molecular weight is 484 g/mol. The van der Waals surface area contributed by atoms with Gasteiger partial charge >= 0.3 is 0 Å². The van der Waals surface area contributed by atoms with Crippen LogP contribution in [0.1, 0.15) is 6.92 Å². The number of hydrogen-bond acceptors (Lipinski definition) is 5. The number of nitrogens with one attached hydrogen (secondary N) is 1. The number of rotatable bonds is 5. The van der Waals surface area contributed by atoms with Gasteiger partial charge in [-0.2, -0.15) is 0 Å². The van der Waals surface area contributed by atoms with Gasteiger partial charge in [0.15, 0.2) is 11.6 Å². The van der Waals surface area contributed by atoms with Crippen molar-refractivity contribution in [2.75, 3.05) is 5.75 Å². The maximum Gasteiger partial charge on any atom is 0.274 e. The number of ether oxygens (including phenoxy) is 1. The molecule has 1 aromatic carbocycles. The summed E-state index contributed by atoms with van der Waals surface area (Å²) >= 11 is 0. The number of hydrogen-bond donors (Lipinski definition) is 1. The van der Waals surface area contributed by atoms with E-state index in [2.05, 4.69) is 9.97 Å². The van der Waals surface area contributed by atoms with Gasteiger partial charge in [0.25, 0.3) is 5.56 Å². The van der Waals surface area contributed by atoms with Gasteiger partial charge in [-0.3, -0.25) is 9.20 Å². The zero-order valence-corrected chi connectivity index (χ0v) is 18.9. The van der Waals surface area contributed by atoms with E-state index in [0.717, 1.165) is 12.1 Å². The molecule has 0 bridgehead atoms. The van der Waals surface area contributed by atoms with E-state index in [1.165, 1.54) is 34.4 Å². The van der Waals surface area contributed by atoms with Crippen LogP contribution in [0.3, 0.4) is 0 Å². The van der Waals surface area contributed by atoms with Crippen LogP contribution in [0.4, 0.5) is 8.78 Å². The molecule has 0 aliphatic carbocycles. The SMILES string of the molecule is CCS(=O)(=O)c1ncc2cc(Oc3ccc(F)cc3F)c(-c3cn(C)c(=O)c4[nH]ccc34)cn12. The van der Waals surface area contributed by atoms with E-state index in [0.29, 0.717) is 33.6 Å². The summed E-state index contributed by atoms with van der Waals surface area (Å²) in [5.74, 6) is -1.86. The Morgan fingerprint density at radius 3 is 2.62 bits per heavy atom. The Morgan fingerprint density at radius 2 is 1.88 bits per heavy atom. The minimum Gasteiger partial charge on any atom is -0.453 e. The van der Waals surface area contributed by atoms with Crippen LogP contribution < -0.4 is 10.3 Å². The number of imidazole rings is 1. The van der Waals surface area contributed by atoms with Gasteiger partial charge in [0.2, 0.25) is 15.0 Å². The summed E-state index contributed by atoms with van der Waals surface area (Å²) in [5, 5.41) is 0.410. The molecular formula is C23H18F2N4O4S. The van der Waals surface area contributed by atoms with E-state index in [1.807, 2.05) is 0 Å². The summed E-state index contributed by atoms with van der Waals surface area (Å²) < 4.78 is 61.6. The number of aromatic nitrogens is 4. The monoisotopic (exact) mass is 484 g/mol. The molecule has 0 saturated carbocycles. The van der Waals surface area contributed by atoms with Crippen LogP contribution in [0.2, 0.25) is 0 Å². The number of sulfone groups is 1. The van der Waals surface area contributed by atoms with Gasteiger partial charge in [0, 0.05) is 54.3 Å². The van der Waals surface area contributed by atoms with Crippen molar-refractivity contribution in [1.29, 1.82) is 0 Å². The Kier molecular flexibility index (Phi) is 5.01. The normalized spacial score (nSPS) is 12.0. The van der Waals surface area contributed by atoms with Gasteiger partial charge in [0.1, 0.15) is 17.1 Å². The van der Waals surface area contributed by atoms with Crippen molar-refractivity contribution >= 4 is 26.3 Å². The van der Waals surface area contributed by atoms with Crippen LogP contribution in [0.25, 0.3) is 27.5 Å². The van der Waals surface area contributed by atoms with Crippen molar-refractivity contribution in [3.63, 3.8) is 0 Å². The Balaban J connectivity index is 1.83. The van der Waals surface area contributed by atoms with E-state index >= 15 is 0 Å². The number of benzene rings is 1. The maximum absolute atomic E-state index is 14.4. The molecule has 34 heavy (non-hydrogen) atoms. The van der Waals surface area contributed by atoms with Gasteiger partial charge in [-0.25, -0.2) is 22.2 Å². The third-order valence-corrected chi connectivity index (χ3v) is 7.17. The number of pyridine rings is 2. The zero-order chi connectivity index (χ0) is 24.2. The summed E-state index contributed by atoms with van der Waals surface area (Å²) in [6.07, 6.45) is 6.08. The molecule has 0 aliphatic heterocycles. The molecule has 1 N–H and O–H groups in total. The molecule has 0 spiro atoms. The second kappa shape index (κ2) is 7.80. The van der Waals surface area contributed by atoms with Gasteiger partial charge in [-0.1, -0.05) is 6.92 Å². The lowest BCUT2D eigenvalue weighted by Crippen LogP contribution is -2.16. The number of H-pyrrole nitrogens is 1. The molecule has 8 nitrogen and oxygen atoms in total. The fourth-order valence-corrected chi connectivity index (χ4v) is 4.73. The zero-order valence-electron chi connectivity index (χ0n) is 18.0. The molecule has 4 aromatic heterocycles. The second-order valence-electron chi connectivity index (χ2n) is 7.69.